The molecule has 7 heteroatoms. The quantitative estimate of drug-likeness (QED) is 0.668. The van der Waals surface area contributed by atoms with E-state index in [1.807, 2.05) is 0 Å². The Morgan fingerprint density at radius 1 is 1.24 bits per heavy atom. The zero-order valence-electron chi connectivity index (χ0n) is 10.8. The molecule has 0 spiro atoms. The first kappa shape index (κ1) is 13.0. The zero-order valence-corrected chi connectivity index (χ0v) is 10.8. The lowest BCUT2D eigenvalue weighted by Crippen LogP contribution is -2.09. The van der Waals surface area contributed by atoms with E-state index in [0.717, 1.165) is 5.69 Å². The molecule has 1 aliphatic heterocycles. The van der Waals surface area contributed by atoms with Crippen LogP contribution in [-0.2, 0) is 15.9 Å². The summed E-state index contributed by atoms with van der Waals surface area (Å²) in [6, 6.07) is 4.12. The first-order chi connectivity index (χ1) is 10.1. The summed E-state index contributed by atoms with van der Waals surface area (Å²) < 4.78 is 9.55. The van der Waals surface area contributed by atoms with Crippen molar-refractivity contribution in [2.24, 2.45) is 0 Å². The standard InChI is InChI=1S/C14H10N2O5/c17-12(20-4-3-9-6-15-7-16-9)8-1-2-10-11(5-8)14(19)21-13(10)18/h1-2,5-7H,3-4H2,(H,15,16). The fourth-order valence-electron chi connectivity index (χ4n) is 1.97. The van der Waals surface area contributed by atoms with Gasteiger partial charge in [-0.2, -0.15) is 0 Å². The summed E-state index contributed by atoms with van der Waals surface area (Å²) in [4.78, 5) is 41.3. The fraction of sp³-hybridized carbons (Fsp3) is 0.143. The van der Waals surface area contributed by atoms with Gasteiger partial charge in [-0.05, 0) is 18.2 Å². The third kappa shape index (κ3) is 2.53. The minimum absolute atomic E-state index is 0.0861. The highest BCUT2D eigenvalue weighted by molar-refractivity contribution is 6.15. The smallest absolute Gasteiger partial charge is 0.346 e. The van der Waals surface area contributed by atoms with E-state index in [1.54, 1.807) is 12.5 Å². The Labute approximate surface area is 118 Å². The van der Waals surface area contributed by atoms with Crippen LogP contribution in [0.25, 0.3) is 0 Å². The Hall–Kier alpha value is -2.96. The van der Waals surface area contributed by atoms with E-state index in [-0.39, 0.29) is 23.3 Å². The van der Waals surface area contributed by atoms with Gasteiger partial charge in [0.15, 0.2) is 0 Å². The number of H-pyrrole nitrogens is 1. The molecular formula is C14H10N2O5. The molecule has 0 fully saturated rings. The summed E-state index contributed by atoms with van der Waals surface area (Å²) >= 11 is 0. The molecule has 0 aliphatic carbocycles. The zero-order chi connectivity index (χ0) is 14.8. The molecule has 3 rings (SSSR count). The number of nitrogens with one attached hydrogen (secondary N) is 1. The van der Waals surface area contributed by atoms with Crippen LogP contribution in [0.4, 0.5) is 0 Å². The number of hydrogen-bond acceptors (Lipinski definition) is 6. The second kappa shape index (κ2) is 5.20. The fourth-order valence-corrected chi connectivity index (χ4v) is 1.97. The van der Waals surface area contributed by atoms with Crippen LogP contribution in [0.15, 0.2) is 30.7 Å². The van der Waals surface area contributed by atoms with Crippen molar-refractivity contribution >= 4 is 17.9 Å². The monoisotopic (exact) mass is 286 g/mol. The average Bonchev–Trinajstić information content (AvgIpc) is 3.08. The van der Waals surface area contributed by atoms with E-state index in [0.29, 0.717) is 6.42 Å². The Morgan fingerprint density at radius 3 is 2.81 bits per heavy atom. The van der Waals surface area contributed by atoms with Gasteiger partial charge in [-0.15, -0.1) is 0 Å². The molecule has 1 aromatic heterocycles. The normalized spacial score (nSPS) is 13.0. The largest absolute Gasteiger partial charge is 0.462 e. The second-order valence-corrected chi connectivity index (χ2v) is 4.40. The lowest BCUT2D eigenvalue weighted by atomic mass is 10.1. The number of carbonyl (C=O) groups excluding carboxylic acids is 3. The molecule has 2 heterocycles. The molecular weight excluding hydrogens is 276 g/mol. The van der Waals surface area contributed by atoms with Crippen LogP contribution in [0.2, 0.25) is 0 Å². The number of ether oxygens (including phenoxy) is 2. The first-order valence-electron chi connectivity index (χ1n) is 6.20. The number of rotatable bonds is 4. The highest BCUT2D eigenvalue weighted by Gasteiger charge is 2.30. The number of carbonyl (C=O) groups is 3. The molecule has 0 bridgehead atoms. The van der Waals surface area contributed by atoms with Crippen molar-refractivity contribution in [1.82, 2.24) is 9.97 Å². The molecule has 21 heavy (non-hydrogen) atoms. The summed E-state index contributed by atoms with van der Waals surface area (Å²) in [5.74, 6) is -2.01. The van der Waals surface area contributed by atoms with E-state index in [9.17, 15) is 14.4 Å². The highest BCUT2D eigenvalue weighted by Crippen LogP contribution is 2.21. The van der Waals surface area contributed by atoms with Crippen LogP contribution < -0.4 is 0 Å². The van der Waals surface area contributed by atoms with Crippen molar-refractivity contribution in [1.29, 1.82) is 0 Å². The van der Waals surface area contributed by atoms with Crippen molar-refractivity contribution in [2.75, 3.05) is 6.61 Å². The van der Waals surface area contributed by atoms with Gasteiger partial charge < -0.3 is 14.5 Å². The number of fused-ring (bicyclic) bond motifs is 1. The van der Waals surface area contributed by atoms with Gasteiger partial charge in [0.25, 0.3) is 0 Å². The number of cyclic esters (lactones) is 2. The van der Waals surface area contributed by atoms with Crippen LogP contribution >= 0.6 is 0 Å². The second-order valence-electron chi connectivity index (χ2n) is 4.40. The number of hydrogen-bond donors (Lipinski definition) is 1. The predicted octanol–water partition coefficient (Wildman–Crippen LogP) is 1.12. The van der Waals surface area contributed by atoms with Gasteiger partial charge in [-0.25, -0.2) is 19.4 Å². The number of aromatic amines is 1. The molecule has 7 nitrogen and oxygen atoms in total. The van der Waals surface area contributed by atoms with Crippen LogP contribution in [0.5, 0.6) is 0 Å². The number of benzene rings is 1. The predicted molar refractivity (Wildman–Crippen MR) is 68.8 cm³/mol. The first-order valence-corrected chi connectivity index (χ1v) is 6.20. The van der Waals surface area contributed by atoms with Crippen molar-refractivity contribution < 1.29 is 23.9 Å². The van der Waals surface area contributed by atoms with Gasteiger partial charge in [0.1, 0.15) is 0 Å². The molecule has 0 amide bonds. The molecule has 2 aromatic rings. The van der Waals surface area contributed by atoms with E-state index in [4.69, 9.17) is 4.74 Å². The highest BCUT2D eigenvalue weighted by atomic mass is 16.6. The number of imidazole rings is 1. The third-order valence-corrected chi connectivity index (χ3v) is 3.04. The van der Waals surface area contributed by atoms with Gasteiger partial charge >= 0.3 is 17.9 Å². The third-order valence-electron chi connectivity index (χ3n) is 3.04. The maximum atomic E-state index is 11.9. The van der Waals surface area contributed by atoms with Gasteiger partial charge in [-0.1, -0.05) is 0 Å². The number of esters is 3. The minimum Gasteiger partial charge on any atom is -0.462 e. The lowest BCUT2D eigenvalue weighted by molar-refractivity contribution is 0.0442. The minimum atomic E-state index is -0.748. The summed E-state index contributed by atoms with van der Waals surface area (Å²) in [5.41, 5.74) is 1.30. The SMILES string of the molecule is O=C(OCCc1cnc[nH]1)c1ccc2c(c1)C(=O)OC2=O. The molecule has 0 radical (unpaired) electrons. The molecule has 0 saturated carbocycles. The summed E-state index contributed by atoms with van der Waals surface area (Å²) in [7, 11) is 0. The Balaban J connectivity index is 1.67. The Kier molecular flexibility index (Phi) is 3.23. The van der Waals surface area contributed by atoms with E-state index < -0.39 is 17.9 Å². The molecule has 1 aliphatic rings. The number of aromatic nitrogens is 2. The van der Waals surface area contributed by atoms with Gasteiger partial charge in [0.2, 0.25) is 0 Å². The maximum absolute atomic E-state index is 11.9. The van der Waals surface area contributed by atoms with E-state index >= 15 is 0 Å². The van der Waals surface area contributed by atoms with Crippen LogP contribution in [0.1, 0.15) is 36.8 Å². The van der Waals surface area contributed by atoms with Gasteiger partial charge in [0.05, 0.1) is 29.6 Å². The molecule has 106 valence electrons. The molecule has 1 N–H and O–H groups in total. The maximum Gasteiger partial charge on any atom is 0.346 e. The van der Waals surface area contributed by atoms with E-state index in [1.165, 1.54) is 18.2 Å². The molecule has 0 saturated heterocycles. The van der Waals surface area contributed by atoms with E-state index in [2.05, 4.69) is 14.7 Å². The Bertz CT molecular complexity index is 721. The molecule has 1 aromatic carbocycles. The topological polar surface area (TPSA) is 98.3 Å². The average molecular weight is 286 g/mol. The summed E-state index contributed by atoms with van der Waals surface area (Å²) in [6.45, 7) is 0.182. The van der Waals surface area contributed by atoms with Crippen LogP contribution in [0.3, 0.4) is 0 Å². The molecule has 0 atom stereocenters. The van der Waals surface area contributed by atoms with Crippen molar-refractivity contribution in [3.63, 3.8) is 0 Å². The van der Waals surface area contributed by atoms with Crippen molar-refractivity contribution in [3.8, 4) is 0 Å². The molecule has 0 unspecified atom stereocenters. The van der Waals surface area contributed by atoms with Crippen LogP contribution in [0, 0.1) is 0 Å². The lowest BCUT2D eigenvalue weighted by Gasteiger charge is -2.04. The van der Waals surface area contributed by atoms with Gasteiger partial charge in [0, 0.05) is 18.3 Å². The summed E-state index contributed by atoms with van der Waals surface area (Å²) in [5, 5.41) is 0. The summed E-state index contributed by atoms with van der Waals surface area (Å²) in [6.07, 6.45) is 3.70. The van der Waals surface area contributed by atoms with Gasteiger partial charge in [-0.3, -0.25) is 0 Å². The Morgan fingerprint density at radius 2 is 2.05 bits per heavy atom. The van der Waals surface area contributed by atoms with Crippen LogP contribution in [-0.4, -0.2) is 34.5 Å². The van der Waals surface area contributed by atoms with Crippen molar-refractivity contribution in [2.45, 2.75) is 6.42 Å². The van der Waals surface area contributed by atoms with Crippen molar-refractivity contribution in [3.05, 3.63) is 53.1 Å². The number of nitrogens with zero attached hydrogens (tertiary/aromatic N) is 1.